The zero-order valence-corrected chi connectivity index (χ0v) is 14.3. The largest absolute Gasteiger partial charge is 0.491 e. The van der Waals surface area contributed by atoms with Crippen LogP contribution in [0.1, 0.15) is 32.4 Å². The normalized spacial score (nSPS) is 13.7. The van der Waals surface area contributed by atoms with Gasteiger partial charge in [0, 0.05) is 11.6 Å². The number of likely N-dealkylation sites (N-methyl/N-ethyl adjacent to an activating group) is 1. The molecule has 1 rings (SSSR count). The van der Waals surface area contributed by atoms with Crippen LogP contribution in [0.25, 0.3) is 0 Å². The van der Waals surface area contributed by atoms with E-state index in [1.807, 2.05) is 13.1 Å². The lowest BCUT2D eigenvalue weighted by Gasteiger charge is -2.32. The molecule has 0 radical (unpaired) electrons. The maximum atomic E-state index is 5.92. The van der Waals surface area contributed by atoms with Crippen LogP contribution in [0, 0.1) is 0 Å². The van der Waals surface area contributed by atoms with Crippen LogP contribution >= 0.6 is 15.9 Å². The summed E-state index contributed by atoms with van der Waals surface area (Å²) in [4.78, 5) is 2.17. The second kappa shape index (κ2) is 6.73. The van der Waals surface area contributed by atoms with Crippen LogP contribution in [0.5, 0.6) is 5.75 Å². The van der Waals surface area contributed by atoms with Crippen molar-refractivity contribution < 1.29 is 4.74 Å². The molecule has 0 aliphatic carbocycles. The molecule has 1 aromatic rings. The number of benzene rings is 1. The highest BCUT2D eigenvalue weighted by Gasteiger charge is 2.21. The molecule has 4 heteroatoms. The van der Waals surface area contributed by atoms with Crippen LogP contribution in [0.15, 0.2) is 22.7 Å². The van der Waals surface area contributed by atoms with Crippen molar-refractivity contribution in [3.05, 3.63) is 28.2 Å². The molecule has 108 valence electrons. The summed E-state index contributed by atoms with van der Waals surface area (Å²) < 4.78 is 6.92. The van der Waals surface area contributed by atoms with E-state index in [4.69, 9.17) is 4.74 Å². The van der Waals surface area contributed by atoms with Crippen molar-refractivity contribution in [3.63, 3.8) is 0 Å². The summed E-state index contributed by atoms with van der Waals surface area (Å²) >= 11 is 3.58. The van der Waals surface area contributed by atoms with E-state index < -0.39 is 0 Å². The zero-order valence-electron chi connectivity index (χ0n) is 12.7. The first-order valence-electron chi connectivity index (χ1n) is 6.55. The average Bonchev–Trinajstić information content (AvgIpc) is 2.36. The molecule has 0 amide bonds. The number of halogens is 1. The Morgan fingerprint density at radius 2 is 2.00 bits per heavy atom. The van der Waals surface area contributed by atoms with Gasteiger partial charge in [-0.15, -0.1) is 0 Å². The first-order chi connectivity index (χ1) is 8.77. The molecule has 1 unspecified atom stereocenters. The fourth-order valence-corrected chi connectivity index (χ4v) is 1.96. The lowest BCUT2D eigenvalue weighted by molar-refractivity contribution is 0.113. The van der Waals surface area contributed by atoms with Gasteiger partial charge in [-0.3, -0.25) is 0 Å². The molecule has 1 N–H and O–H groups in total. The van der Waals surface area contributed by atoms with Crippen LogP contribution in [-0.2, 0) is 0 Å². The molecule has 1 aromatic carbocycles. The molecule has 0 spiro atoms. The maximum absolute atomic E-state index is 5.92. The zero-order chi connectivity index (χ0) is 14.6. The molecular weight excluding hydrogens is 304 g/mol. The van der Waals surface area contributed by atoms with Crippen LogP contribution in [0.3, 0.4) is 0 Å². The SMILES string of the molecule is CNC(C)c1ccc(OCC(C)(C)N(C)C)c(Br)c1. The number of hydrogen-bond acceptors (Lipinski definition) is 3. The van der Waals surface area contributed by atoms with E-state index in [9.17, 15) is 0 Å². The van der Waals surface area contributed by atoms with Gasteiger partial charge in [-0.05, 0) is 75.5 Å². The van der Waals surface area contributed by atoms with E-state index >= 15 is 0 Å². The molecular formula is C15H25BrN2O. The third kappa shape index (κ3) is 4.48. The monoisotopic (exact) mass is 328 g/mol. The second-order valence-electron chi connectivity index (χ2n) is 5.70. The first kappa shape index (κ1) is 16.5. The van der Waals surface area contributed by atoms with Crippen molar-refractivity contribution in [2.75, 3.05) is 27.7 Å². The fraction of sp³-hybridized carbons (Fsp3) is 0.600. The van der Waals surface area contributed by atoms with Crippen molar-refractivity contribution in [2.24, 2.45) is 0 Å². The van der Waals surface area contributed by atoms with E-state index in [2.05, 4.69) is 73.1 Å². The summed E-state index contributed by atoms with van der Waals surface area (Å²) in [6.07, 6.45) is 0. The Hall–Kier alpha value is -0.580. The van der Waals surface area contributed by atoms with Crippen LogP contribution in [-0.4, -0.2) is 38.2 Å². The molecule has 0 aliphatic rings. The highest BCUT2D eigenvalue weighted by Crippen LogP contribution is 2.29. The number of ether oxygens (including phenoxy) is 1. The molecule has 0 heterocycles. The minimum atomic E-state index is 0.0103. The molecule has 0 aliphatic heterocycles. The van der Waals surface area contributed by atoms with Gasteiger partial charge < -0.3 is 15.0 Å². The summed E-state index contributed by atoms with van der Waals surface area (Å²) in [5, 5.41) is 3.23. The smallest absolute Gasteiger partial charge is 0.133 e. The van der Waals surface area contributed by atoms with E-state index in [1.54, 1.807) is 0 Å². The van der Waals surface area contributed by atoms with Gasteiger partial charge in [0.1, 0.15) is 12.4 Å². The van der Waals surface area contributed by atoms with E-state index in [0.29, 0.717) is 12.6 Å². The predicted octanol–water partition coefficient (Wildman–Crippen LogP) is 3.45. The number of hydrogen-bond donors (Lipinski definition) is 1. The Morgan fingerprint density at radius 3 is 2.47 bits per heavy atom. The van der Waals surface area contributed by atoms with Gasteiger partial charge in [0.15, 0.2) is 0 Å². The highest BCUT2D eigenvalue weighted by molar-refractivity contribution is 9.10. The van der Waals surface area contributed by atoms with Gasteiger partial charge in [0.25, 0.3) is 0 Å². The number of nitrogens with zero attached hydrogens (tertiary/aromatic N) is 1. The molecule has 0 bridgehead atoms. The van der Waals surface area contributed by atoms with Crippen molar-refractivity contribution >= 4 is 15.9 Å². The summed E-state index contributed by atoms with van der Waals surface area (Å²) in [5.74, 6) is 0.891. The minimum Gasteiger partial charge on any atom is -0.491 e. The fourth-order valence-electron chi connectivity index (χ4n) is 1.45. The lowest BCUT2D eigenvalue weighted by Crippen LogP contribution is -2.43. The minimum absolute atomic E-state index is 0.0103. The Kier molecular flexibility index (Phi) is 5.83. The predicted molar refractivity (Wildman–Crippen MR) is 84.9 cm³/mol. The van der Waals surface area contributed by atoms with Gasteiger partial charge in [-0.25, -0.2) is 0 Å². The quantitative estimate of drug-likeness (QED) is 0.865. The van der Waals surface area contributed by atoms with Gasteiger partial charge in [-0.1, -0.05) is 6.07 Å². The van der Waals surface area contributed by atoms with Crippen molar-refractivity contribution in [1.82, 2.24) is 10.2 Å². The average molecular weight is 329 g/mol. The van der Waals surface area contributed by atoms with E-state index in [-0.39, 0.29) is 5.54 Å². The summed E-state index contributed by atoms with van der Waals surface area (Å²) in [6.45, 7) is 7.12. The standard InChI is InChI=1S/C15H25BrN2O/c1-11(17-4)12-7-8-14(13(16)9-12)19-10-15(2,3)18(5)6/h7-9,11,17H,10H2,1-6H3. The Bertz CT molecular complexity index is 419. The second-order valence-corrected chi connectivity index (χ2v) is 6.55. The summed E-state index contributed by atoms with van der Waals surface area (Å²) in [7, 11) is 6.09. The molecule has 0 aromatic heterocycles. The summed E-state index contributed by atoms with van der Waals surface area (Å²) in [5.41, 5.74) is 1.25. The van der Waals surface area contributed by atoms with Crippen molar-refractivity contribution in [3.8, 4) is 5.75 Å². The van der Waals surface area contributed by atoms with Crippen LogP contribution in [0.4, 0.5) is 0 Å². The highest BCUT2D eigenvalue weighted by atomic mass is 79.9. The van der Waals surface area contributed by atoms with Crippen molar-refractivity contribution in [1.29, 1.82) is 0 Å². The van der Waals surface area contributed by atoms with Gasteiger partial charge in [-0.2, -0.15) is 0 Å². The topological polar surface area (TPSA) is 24.5 Å². The molecule has 0 saturated carbocycles. The number of nitrogens with one attached hydrogen (secondary N) is 1. The van der Waals surface area contributed by atoms with Gasteiger partial charge >= 0.3 is 0 Å². The summed E-state index contributed by atoms with van der Waals surface area (Å²) in [6, 6.07) is 6.57. The van der Waals surface area contributed by atoms with Crippen LogP contribution in [0.2, 0.25) is 0 Å². The third-order valence-corrected chi connectivity index (χ3v) is 4.30. The molecule has 1 atom stereocenters. The maximum Gasteiger partial charge on any atom is 0.133 e. The Balaban J connectivity index is 2.76. The van der Waals surface area contributed by atoms with E-state index in [1.165, 1.54) is 5.56 Å². The first-order valence-corrected chi connectivity index (χ1v) is 7.34. The Labute approximate surface area is 125 Å². The van der Waals surface area contributed by atoms with Crippen LogP contribution < -0.4 is 10.1 Å². The van der Waals surface area contributed by atoms with Gasteiger partial charge in [0.05, 0.1) is 4.47 Å². The van der Waals surface area contributed by atoms with Crippen molar-refractivity contribution in [2.45, 2.75) is 32.4 Å². The lowest BCUT2D eigenvalue weighted by atomic mass is 10.1. The third-order valence-electron chi connectivity index (χ3n) is 3.68. The molecule has 19 heavy (non-hydrogen) atoms. The molecule has 0 saturated heterocycles. The van der Waals surface area contributed by atoms with Gasteiger partial charge in [0.2, 0.25) is 0 Å². The molecule has 0 fully saturated rings. The number of rotatable bonds is 6. The Morgan fingerprint density at radius 1 is 1.37 bits per heavy atom. The molecule has 3 nitrogen and oxygen atoms in total. The van der Waals surface area contributed by atoms with E-state index in [0.717, 1.165) is 10.2 Å².